The predicted octanol–water partition coefficient (Wildman–Crippen LogP) is 1.55. The average Bonchev–Trinajstić information content (AvgIpc) is 2.79. The van der Waals surface area contributed by atoms with Gasteiger partial charge in [0.05, 0.1) is 37.6 Å². The van der Waals surface area contributed by atoms with Gasteiger partial charge in [0.25, 0.3) is 0 Å². The second kappa shape index (κ2) is 9.20. The maximum atomic E-state index is 13.9. The van der Waals surface area contributed by atoms with Crippen LogP contribution >= 0.6 is 0 Å². The van der Waals surface area contributed by atoms with Crippen molar-refractivity contribution in [3.63, 3.8) is 0 Å². The Morgan fingerprint density at radius 3 is 1.97 bits per heavy atom. The minimum Gasteiger partial charge on any atom is -0.408 e. The summed E-state index contributed by atoms with van der Waals surface area (Å²) in [5.41, 5.74) is -1.39. The third kappa shape index (κ3) is 5.05. The fourth-order valence-corrected chi connectivity index (χ4v) is 3.34. The Labute approximate surface area is 181 Å². The lowest BCUT2D eigenvalue weighted by atomic mass is 10.1. The lowest BCUT2D eigenvalue weighted by Crippen LogP contribution is -2.40. The summed E-state index contributed by atoms with van der Waals surface area (Å²) in [5.74, 6) is -0.877. The molecule has 32 heavy (non-hydrogen) atoms. The number of anilines is 2. The Hall–Kier alpha value is -3.06. The molecule has 0 unspecified atom stereocenters. The van der Waals surface area contributed by atoms with E-state index in [4.69, 9.17) is 14.2 Å². The van der Waals surface area contributed by atoms with Gasteiger partial charge < -0.3 is 24.0 Å². The summed E-state index contributed by atoms with van der Waals surface area (Å²) in [6.45, 7) is 4.92. The number of morpholine rings is 2. The van der Waals surface area contributed by atoms with Crippen LogP contribution < -0.4 is 14.5 Å². The number of ether oxygens (including phenoxy) is 3. The molecule has 2 aromatic heterocycles. The average molecular weight is 454 g/mol. The lowest BCUT2D eigenvalue weighted by Gasteiger charge is -2.30. The Balaban J connectivity index is 1.81. The fourth-order valence-electron chi connectivity index (χ4n) is 3.34. The van der Waals surface area contributed by atoms with Gasteiger partial charge in [-0.25, -0.2) is 4.98 Å². The summed E-state index contributed by atoms with van der Waals surface area (Å²) >= 11 is 0. The molecule has 0 N–H and O–H groups in total. The number of rotatable bonds is 4. The van der Waals surface area contributed by atoms with E-state index in [9.17, 15) is 18.0 Å². The van der Waals surface area contributed by atoms with Crippen LogP contribution in [0.4, 0.5) is 25.1 Å². The number of esters is 1. The molecule has 2 fully saturated rings. The first-order valence-corrected chi connectivity index (χ1v) is 9.99. The number of hydrogen-bond donors (Lipinski definition) is 0. The molecule has 0 atom stereocenters. The fraction of sp³-hybridized carbons (Fsp3) is 0.526. The molecule has 2 aromatic rings. The van der Waals surface area contributed by atoms with E-state index in [0.717, 1.165) is 13.1 Å². The van der Waals surface area contributed by atoms with Gasteiger partial charge in [0.2, 0.25) is 17.8 Å². The molecule has 0 radical (unpaired) electrons. The van der Waals surface area contributed by atoms with Crippen molar-refractivity contribution in [2.75, 3.05) is 62.4 Å². The Morgan fingerprint density at radius 1 is 0.969 bits per heavy atom. The van der Waals surface area contributed by atoms with Crippen LogP contribution in [0.5, 0.6) is 5.88 Å². The van der Waals surface area contributed by atoms with Gasteiger partial charge in [-0.1, -0.05) is 0 Å². The first-order chi connectivity index (χ1) is 15.3. The van der Waals surface area contributed by atoms with E-state index in [1.807, 2.05) is 9.80 Å². The van der Waals surface area contributed by atoms with E-state index in [1.54, 1.807) is 0 Å². The zero-order valence-corrected chi connectivity index (χ0v) is 17.3. The zero-order chi connectivity index (χ0) is 22.7. The van der Waals surface area contributed by atoms with Gasteiger partial charge in [-0.2, -0.15) is 28.1 Å². The van der Waals surface area contributed by atoms with Crippen LogP contribution in [0.2, 0.25) is 0 Å². The van der Waals surface area contributed by atoms with Crippen molar-refractivity contribution in [1.82, 2.24) is 19.9 Å². The second-order valence-corrected chi connectivity index (χ2v) is 7.12. The van der Waals surface area contributed by atoms with Crippen LogP contribution in [0.15, 0.2) is 12.3 Å². The molecule has 0 bridgehead atoms. The monoisotopic (exact) mass is 454 g/mol. The minimum absolute atomic E-state index is 0.169. The number of carbonyl (C=O) groups is 1. The molecular weight excluding hydrogens is 433 g/mol. The number of aromatic nitrogens is 4. The van der Waals surface area contributed by atoms with E-state index >= 15 is 0 Å². The van der Waals surface area contributed by atoms with Crippen LogP contribution in [0.25, 0.3) is 11.4 Å². The van der Waals surface area contributed by atoms with Gasteiger partial charge >= 0.3 is 12.1 Å². The maximum Gasteiger partial charge on any atom is 0.417 e. The molecule has 4 rings (SSSR count). The summed E-state index contributed by atoms with van der Waals surface area (Å²) in [6.07, 6.45) is -3.79. The second-order valence-electron chi connectivity index (χ2n) is 7.12. The van der Waals surface area contributed by atoms with Gasteiger partial charge in [0.1, 0.15) is 0 Å². The standard InChI is InChI=1S/C19H21F3N6O4/c1-12(29)32-15-10-14(19(20,21)22)13(11-23-15)16-24-17(27-2-6-30-7-3-27)26-18(25-16)28-4-8-31-9-5-28/h10-11H,2-9H2,1H3. The number of carbonyl (C=O) groups excluding carboxylic acids is 1. The molecule has 13 heteroatoms. The number of pyridine rings is 1. The van der Waals surface area contributed by atoms with Crippen LogP contribution in [-0.4, -0.2) is 78.5 Å². The van der Waals surface area contributed by atoms with E-state index in [-0.39, 0.29) is 23.3 Å². The van der Waals surface area contributed by atoms with Crippen molar-refractivity contribution in [3.8, 4) is 17.3 Å². The van der Waals surface area contributed by atoms with Crippen molar-refractivity contribution in [2.45, 2.75) is 13.1 Å². The van der Waals surface area contributed by atoms with Gasteiger partial charge in [-0.05, 0) is 0 Å². The highest BCUT2D eigenvalue weighted by molar-refractivity contribution is 5.70. The Morgan fingerprint density at radius 2 is 1.50 bits per heavy atom. The lowest BCUT2D eigenvalue weighted by molar-refractivity contribution is -0.138. The van der Waals surface area contributed by atoms with Crippen LogP contribution in [0.3, 0.4) is 0 Å². The third-order valence-corrected chi connectivity index (χ3v) is 4.87. The highest BCUT2D eigenvalue weighted by Crippen LogP contribution is 2.38. The quantitative estimate of drug-likeness (QED) is 0.632. The van der Waals surface area contributed by atoms with Gasteiger partial charge in [-0.3, -0.25) is 4.79 Å². The highest BCUT2D eigenvalue weighted by atomic mass is 19.4. The molecule has 2 aliphatic heterocycles. The SMILES string of the molecule is CC(=O)Oc1cc(C(F)(F)F)c(-c2nc(N3CCOCC3)nc(N3CCOCC3)n2)cn1. The molecule has 0 aliphatic carbocycles. The summed E-state index contributed by atoms with van der Waals surface area (Å²) in [4.78, 5) is 31.8. The van der Waals surface area contributed by atoms with Crippen LogP contribution in [0, 0.1) is 0 Å². The normalized spacial score (nSPS) is 17.4. The van der Waals surface area contributed by atoms with E-state index in [1.165, 1.54) is 0 Å². The molecule has 172 valence electrons. The number of nitrogens with zero attached hydrogens (tertiary/aromatic N) is 6. The number of hydrogen-bond acceptors (Lipinski definition) is 10. The smallest absolute Gasteiger partial charge is 0.408 e. The highest BCUT2D eigenvalue weighted by Gasteiger charge is 2.36. The van der Waals surface area contributed by atoms with Gasteiger partial charge in [-0.15, -0.1) is 0 Å². The van der Waals surface area contributed by atoms with E-state index < -0.39 is 23.6 Å². The largest absolute Gasteiger partial charge is 0.417 e. The number of halogens is 3. The van der Waals surface area contributed by atoms with Crippen molar-refractivity contribution in [1.29, 1.82) is 0 Å². The van der Waals surface area contributed by atoms with Crippen LogP contribution in [-0.2, 0) is 20.4 Å². The minimum atomic E-state index is -4.75. The first-order valence-electron chi connectivity index (χ1n) is 9.99. The zero-order valence-electron chi connectivity index (χ0n) is 17.3. The van der Waals surface area contributed by atoms with Crippen molar-refractivity contribution in [2.24, 2.45) is 0 Å². The van der Waals surface area contributed by atoms with Crippen molar-refractivity contribution < 1.29 is 32.2 Å². The topological polar surface area (TPSA) is 103 Å². The van der Waals surface area contributed by atoms with Crippen LogP contribution in [0.1, 0.15) is 12.5 Å². The maximum absolute atomic E-state index is 13.9. The Kier molecular flexibility index (Phi) is 6.37. The summed E-state index contributed by atoms with van der Waals surface area (Å²) in [5, 5.41) is 0. The van der Waals surface area contributed by atoms with Gasteiger partial charge in [0.15, 0.2) is 5.82 Å². The summed E-state index contributed by atoms with van der Waals surface area (Å²) in [6, 6.07) is 0.670. The molecule has 2 saturated heterocycles. The van der Waals surface area contributed by atoms with Gasteiger partial charge in [0, 0.05) is 45.4 Å². The molecule has 2 aliphatic rings. The Bertz CT molecular complexity index is 942. The van der Waals surface area contributed by atoms with E-state index in [2.05, 4.69) is 19.9 Å². The molecule has 0 saturated carbocycles. The molecule has 0 aromatic carbocycles. The van der Waals surface area contributed by atoms with Crippen molar-refractivity contribution in [3.05, 3.63) is 17.8 Å². The van der Waals surface area contributed by atoms with Crippen molar-refractivity contribution >= 4 is 17.9 Å². The summed E-state index contributed by atoms with van der Waals surface area (Å²) in [7, 11) is 0. The molecular formula is C19H21F3N6O4. The molecule has 0 spiro atoms. The third-order valence-electron chi connectivity index (χ3n) is 4.87. The molecule has 10 nitrogen and oxygen atoms in total. The summed E-state index contributed by atoms with van der Waals surface area (Å²) < 4.78 is 57.0. The first kappa shape index (κ1) is 22.1. The molecule has 0 amide bonds. The predicted molar refractivity (Wildman–Crippen MR) is 105 cm³/mol. The van der Waals surface area contributed by atoms with E-state index in [0.29, 0.717) is 58.7 Å². The molecule has 4 heterocycles. The number of alkyl halides is 3.